The topological polar surface area (TPSA) is 0 Å². The highest BCUT2D eigenvalue weighted by atomic mass is 31.1. The largest absolute Gasteiger partial charge is 0.0622 e. The predicted molar refractivity (Wildman–Crippen MR) is 188 cm³/mol. The lowest BCUT2D eigenvalue weighted by Crippen LogP contribution is -2.21. The van der Waals surface area contributed by atoms with Crippen LogP contribution in [0, 0.1) is 0 Å². The zero-order chi connectivity index (χ0) is 28.3. The highest BCUT2D eigenvalue weighted by molar-refractivity contribution is 7.80. The standard InChI is InChI=1S/C42H27P/c1-3-14-30(15-4-1)43(31-16-5-2-6-17-31)41-25-24-33(32-18-9-10-19-35(32)41)34-22-23-38-40-27-29-13-8-7-12-28(29)26-39(40)37-21-11-20-36(34)42(37)38/h1-27H. The van der Waals surface area contributed by atoms with Gasteiger partial charge >= 0.3 is 0 Å². The Morgan fingerprint density at radius 1 is 0.302 bits per heavy atom. The molecule has 0 saturated heterocycles. The van der Waals surface area contributed by atoms with E-state index in [-0.39, 0.29) is 0 Å². The second-order valence-electron chi connectivity index (χ2n) is 11.3. The number of benzene rings is 8. The van der Waals surface area contributed by atoms with Crippen LogP contribution in [0.15, 0.2) is 164 Å². The Morgan fingerprint density at radius 3 is 1.47 bits per heavy atom. The van der Waals surface area contributed by atoms with Crippen LogP contribution in [0.5, 0.6) is 0 Å². The SMILES string of the molecule is c1ccc(P(c2ccccc2)c2ccc(-c3ccc4c5c(cccc35)-c3cc5ccccc5cc3-4)c3ccccc23)cc1. The van der Waals surface area contributed by atoms with Crippen molar-refractivity contribution in [1.82, 2.24) is 0 Å². The van der Waals surface area contributed by atoms with E-state index in [0.717, 1.165) is 0 Å². The molecule has 9 rings (SSSR count). The Hall–Kier alpha value is -5.03. The lowest BCUT2D eigenvalue weighted by Gasteiger charge is -2.22. The van der Waals surface area contributed by atoms with Gasteiger partial charge in [-0.1, -0.05) is 152 Å². The average molecular weight is 563 g/mol. The van der Waals surface area contributed by atoms with Crippen LogP contribution in [0.2, 0.25) is 0 Å². The van der Waals surface area contributed by atoms with E-state index in [1.54, 1.807) is 0 Å². The monoisotopic (exact) mass is 562 g/mol. The average Bonchev–Trinajstić information content (AvgIpc) is 3.39. The summed E-state index contributed by atoms with van der Waals surface area (Å²) in [7, 11) is -0.709. The fourth-order valence-electron chi connectivity index (χ4n) is 7.07. The third-order valence-electron chi connectivity index (χ3n) is 8.97. The molecule has 1 aliphatic rings. The summed E-state index contributed by atoms with van der Waals surface area (Å²) in [5.74, 6) is 0. The molecular weight excluding hydrogens is 535 g/mol. The van der Waals surface area contributed by atoms with E-state index in [9.17, 15) is 0 Å². The van der Waals surface area contributed by atoms with Gasteiger partial charge in [0.25, 0.3) is 0 Å². The molecule has 0 atom stereocenters. The van der Waals surface area contributed by atoms with Crippen molar-refractivity contribution in [2.45, 2.75) is 0 Å². The molecule has 0 bridgehead atoms. The number of hydrogen-bond donors (Lipinski definition) is 0. The van der Waals surface area contributed by atoms with Gasteiger partial charge in [0, 0.05) is 0 Å². The summed E-state index contributed by atoms with van der Waals surface area (Å²) >= 11 is 0. The predicted octanol–water partition coefficient (Wildman–Crippen LogP) is 10.2. The number of rotatable bonds is 4. The minimum atomic E-state index is -0.709. The number of hydrogen-bond acceptors (Lipinski definition) is 0. The maximum Gasteiger partial charge on any atom is -0.00201 e. The minimum Gasteiger partial charge on any atom is -0.0622 e. The highest BCUT2D eigenvalue weighted by Crippen LogP contribution is 2.51. The molecule has 200 valence electrons. The summed E-state index contributed by atoms with van der Waals surface area (Å²) in [4.78, 5) is 0. The van der Waals surface area contributed by atoms with Crippen molar-refractivity contribution in [3.05, 3.63) is 164 Å². The first-order valence-electron chi connectivity index (χ1n) is 14.9. The molecule has 0 nitrogen and oxygen atoms in total. The fourth-order valence-corrected chi connectivity index (χ4v) is 9.53. The molecule has 0 heterocycles. The smallest absolute Gasteiger partial charge is 0.00201 e. The van der Waals surface area contributed by atoms with Crippen molar-refractivity contribution in [3.8, 4) is 33.4 Å². The van der Waals surface area contributed by atoms with Gasteiger partial charge in [0.05, 0.1) is 0 Å². The van der Waals surface area contributed by atoms with Crippen LogP contribution < -0.4 is 15.9 Å². The van der Waals surface area contributed by atoms with Crippen LogP contribution in [0.3, 0.4) is 0 Å². The first kappa shape index (κ1) is 24.6. The highest BCUT2D eigenvalue weighted by Gasteiger charge is 2.25. The van der Waals surface area contributed by atoms with Crippen LogP contribution in [0.4, 0.5) is 0 Å². The molecule has 0 saturated carbocycles. The molecular formula is C42H27P. The summed E-state index contributed by atoms with van der Waals surface area (Å²) in [6.07, 6.45) is 0. The van der Waals surface area contributed by atoms with Gasteiger partial charge in [0.2, 0.25) is 0 Å². The first-order chi connectivity index (χ1) is 21.3. The zero-order valence-corrected chi connectivity index (χ0v) is 24.4. The van der Waals surface area contributed by atoms with Gasteiger partial charge in [-0.15, -0.1) is 0 Å². The summed E-state index contributed by atoms with van der Waals surface area (Å²) in [6, 6.07) is 60.8. The number of fused-ring (bicyclic) bond motifs is 5. The van der Waals surface area contributed by atoms with E-state index in [1.165, 1.54) is 81.6 Å². The van der Waals surface area contributed by atoms with Gasteiger partial charge in [-0.05, 0) is 102 Å². The van der Waals surface area contributed by atoms with Crippen LogP contribution in [-0.2, 0) is 0 Å². The fraction of sp³-hybridized carbons (Fsp3) is 0. The van der Waals surface area contributed by atoms with E-state index in [1.807, 2.05) is 0 Å². The second-order valence-corrected chi connectivity index (χ2v) is 13.5. The summed E-state index contributed by atoms with van der Waals surface area (Å²) in [5, 5.41) is 12.1. The van der Waals surface area contributed by atoms with Gasteiger partial charge in [0.1, 0.15) is 0 Å². The van der Waals surface area contributed by atoms with Crippen molar-refractivity contribution in [3.63, 3.8) is 0 Å². The quantitative estimate of drug-likeness (QED) is 0.187. The molecule has 1 heteroatoms. The molecule has 0 spiro atoms. The summed E-state index contributed by atoms with van der Waals surface area (Å²) in [5.41, 5.74) is 7.95. The Morgan fingerprint density at radius 2 is 0.791 bits per heavy atom. The Labute approximate surface area is 252 Å². The van der Waals surface area contributed by atoms with Crippen molar-refractivity contribution >= 4 is 56.2 Å². The van der Waals surface area contributed by atoms with E-state index in [2.05, 4.69) is 164 Å². The molecule has 0 fully saturated rings. The van der Waals surface area contributed by atoms with Crippen molar-refractivity contribution in [2.75, 3.05) is 0 Å². The second kappa shape index (κ2) is 9.77. The molecule has 0 aromatic heterocycles. The van der Waals surface area contributed by atoms with Crippen LogP contribution in [0.25, 0.3) is 65.7 Å². The van der Waals surface area contributed by atoms with Gasteiger partial charge in [-0.3, -0.25) is 0 Å². The molecule has 8 aromatic rings. The van der Waals surface area contributed by atoms with Gasteiger partial charge in [0.15, 0.2) is 0 Å². The third kappa shape index (κ3) is 3.81. The van der Waals surface area contributed by atoms with Crippen LogP contribution in [-0.4, -0.2) is 0 Å². The van der Waals surface area contributed by atoms with Gasteiger partial charge in [-0.25, -0.2) is 0 Å². The minimum absolute atomic E-state index is 0.709. The maximum absolute atomic E-state index is 2.40. The summed E-state index contributed by atoms with van der Waals surface area (Å²) < 4.78 is 0. The van der Waals surface area contributed by atoms with Crippen molar-refractivity contribution in [1.29, 1.82) is 0 Å². The first-order valence-corrected chi connectivity index (χ1v) is 16.2. The maximum atomic E-state index is 2.40. The third-order valence-corrected chi connectivity index (χ3v) is 11.5. The molecule has 0 unspecified atom stereocenters. The Kier molecular flexibility index (Phi) is 5.58. The molecule has 0 aliphatic heterocycles. The van der Waals surface area contributed by atoms with Gasteiger partial charge in [-0.2, -0.15) is 0 Å². The molecule has 1 aliphatic carbocycles. The van der Waals surface area contributed by atoms with Crippen LogP contribution in [0.1, 0.15) is 0 Å². The molecule has 0 amide bonds. The van der Waals surface area contributed by atoms with Gasteiger partial charge < -0.3 is 0 Å². The zero-order valence-electron chi connectivity index (χ0n) is 23.5. The molecule has 43 heavy (non-hydrogen) atoms. The lowest BCUT2D eigenvalue weighted by atomic mass is 9.91. The summed E-state index contributed by atoms with van der Waals surface area (Å²) in [6.45, 7) is 0. The van der Waals surface area contributed by atoms with Crippen molar-refractivity contribution in [2.24, 2.45) is 0 Å². The molecule has 0 radical (unpaired) electrons. The van der Waals surface area contributed by atoms with E-state index < -0.39 is 7.92 Å². The van der Waals surface area contributed by atoms with E-state index in [4.69, 9.17) is 0 Å². The normalized spacial score (nSPS) is 11.9. The Balaban J connectivity index is 1.27. The Bertz CT molecular complexity index is 2250. The van der Waals surface area contributed by atoms with E-state index >= 15 is 0 Å². The van der Waals surface area contributed by atoms with Crippen LogP contribution >= 0.6 is 7.92 Å². The van der Waals surface area contributed by atoms with Crippen molar-refractivity contribution < 1.29 is 0 Å². The van der Waals surface area contributed by atoms with E-state index in [0.29, 0.717) is 0 Å². The lowest BCUT2D eigenvalue weighted by molar-refractivity contribution is 1.70. The molecule has 8 aromatic carbocycles. The molecule has 0 N–H and O–H groups in total.